The van der Waals surface area contributed by atoms with Crippen LogP contribution in [0.5, 0.6) is 11.5 Å². The molecule has 0 aliphatic rings. The van der Waals surface area contributed by atoms with E-state index in [1.54, 1.807) is 43.5 Å². The highest BCUT2D eigenvalue weighted by Crippen LogP contribution is 2.38. The highest BCUT2D eigenvalue weighted by atomic mass is 35.5. The van der Waals surface area contributed by atoms with Crippen LogP contribution in [0.25, 0.3) is 22.4 Å². The zero-order chi connectivity index (χ0) is 20.3. The van der Waals surface area contributed by atoms with Gasteiger partial charge in [0.1, 0.15) is 17.5 Å². The first kappa shape index (κ1) is 19.8. The maximum atomic E-state index is 9.61. The first-order valence-corrected chi connectivity index (χ1v) is 9.21. The maximum absolute atomic E-state index is 9.61. The smallest absolute Gasteiger partial charge is 0.161 e. The molecule has 0 atom stereocenters. The number of hydrogen-bond donors (Lipinski definition) is 1. The summed E-state index contributed by atoms with van der Waals surface area (Å²) in [5.74, 6) is 1.28. The topological polar surface area (TPSA) is 81.2 Å². The summed E-state index contributed by atoms with van der Waals surface area (Å²) in [6.07, 6.45) is 0. The Hall–Kier alpha value is -2.94. The SMILES string of the molecule is CCOc1ccc(-c2cc(-c3cc(Cl)ccc3Cl)nc(N)c2C#N)cc1OC. The number of nitriles is 1. The first-order valence-electron chi connectivity index (χ1n) is 8.45. The van der Waals surface area contributed by atoms with Crippen LogP contribution >= 0.6 is 23.2 Å². The minimum absolute atomic E-state index is 0.110. The summed E-state index contributed by atoms with van der Waals surface area (Å²) < 4.78 is 11.0. The second-order valence-corrected chi connectivity index (χ2v) is 6.69. The van der Waals surface area contributed by atoms with E-state index in [1.807, 2.05) is 13.0 Å². The number of anilines is 1. The number of nitrogens with two attached hydrogens (primary N) is 1. The summed E-state index contributed by atoms with van der Waals surface area (Å²) in [5, 5.41) is 10.6. The lowest BCUT2D eigenvalue weighted by Crippen LogP contribution is -2.01. The van der Waals surface area contributed by atoms with Gasteiger partial charge >= 0.3 is 0 Å². The number of benzene rings is 2. The molecule has 0 amide bonds. The molecule has 3 rings (SSSR count). The molecule has 0 aliphatic heterocycles. The molecule has 5 nitrogen and oxygen atoms in total. The molecule has 0 unspecified atom stereocenters. The van der Waals surface area contributed by atoms with Crippen LogP contribution in [-0.4, -0.2) is 18.7 Å². The van der Waals surface area contributed by atoms with Crippen LogP contribution in [-0.2, 0) is 0 Å². The van der Waals surface area contributed by atoms with Crippen LogP contribution in [0.3, 0.4) is 0 Å². The van der Waals surface area contributed by atoms with Gasteiger partial charge in [0.05, 0.1) is 24.4 Å². The lowest BCUT2D eigenvalue weighted by molar-refractivity contribution is 0.311. The molecule has 0 radical (unpaired) electrons. The number of hydrogen-bond acceptors (Lipinski definition) is 5. The van der Waals surface area contributed by atoms with Crippen molar-refractivity contribution in [2.24, 2.45) is 0 Å². The predicted molar refractivity (Wildman–Crippen MR) is 112 cm³/mol. The van der Waals surface area contributed by atoms with Crippen molar-refractivity contribution in [3.8, 4) is 40.0 Å². The number of halogens is 2. The fraction of sp³-hybridized carbons (Fsp3) is 0.143. The molecule has 142 valence electrons. The van der Waals surface area contributed by atoms with E-state index in [0.717, 1.165) is 5.56 Å². The Kier molecular flexibility index (Phi) is 5.93. The van der Waals surface area contributed by atoms with E-state index in [1.165, 1.54) is 0 Å². The summed E-state index contributed by atoms with van der Waals surface area (Å²) in [4.78, 5) is 4.35. The van der Waals surface area contributed by atoms with Gasteiger partial charge in [0.2, 0.25) is 0 Å². The van der Waals surface area contributed by atoms with E-state index < -0.39 is 0 Å². The lowest BCUT2D eigenvalue weighted by Gasteiger charge is -2.14. The van der Waals surface area contributed by atoms with Crippen molar-refractivity contribution in [3.63, 3.8) is 0 Å². The molecule has 0 fully saturated rings. The second-order valence-electron chi connectivity index (χ2n) is 5.85. The van der Waals surface area contributed by atoms with Gasteiger partial charge in [-0.05, 0) is 48.9 Å². The zero-order valence-corrected chi connectivity index (χ0v) is 16.8. The molecular formula is C21H17Cl2N3O2. The second kappa shape index (κ2) is 8.39. The average molecular weight is 414 g/mol. The molecule has 2 aromatic carbocycles. The van der Waals surface area contributed by atoms with E-state index in [0.29, 0.717) is 45.0 Å². The fourth-order valence-corrected chi connectivity index (χ4v) is 3.24. The largest absolute Gasteiger partial charge is 0.493 e. The number of methoxy groups -OCH3 is 1. The Labute approximate surface area is 173 Å². The quantitative estimate of drug-likeness (QED) is 0.589. The van der Waals surface area contributed by atoms with Gasteiger partial charge in [-0.15, -0.1) is 0 Å². The third-order valence-corrected chi connectivity index (χ3v) is 4.70. The maximum Gasteiger partial charge on any atom is 0.161 e. The molecular weight excluding hydrogens is 397 g/mol. The Morgan fingerprint density at radius 2 is 1.86 bits per heavy atom. The van der Waals surface area contributed by atoms with Gasteiger partial charge in [0.15, 0.2) is 11.5 Å². The highest BCUT2D eigenvalue weighted by molar-refractivity contribution is 6.35. The van der Waals surface area contributed by atoms with Crippen LogP contribution in [0.4, 0.5) is 5.82 Å². The van der Waals surface area contributed by atoms with Crippen molar-refractivity contribution < 1.29 is 9.47 Å². The van der Waals surface area contributed by atoms with E-state index >= 15 is 0 Å². The monoisotopic (exact) mass is 413 g/mol. The van der Waals surface area contributed by atoms with Gasteiger partial charge in [-0.1, -0.05) is 29.3 Å². The van der Waals surface area contributed by atoms with Crippen molar-refractivity contribution in [2.45, 2.75) is 6.92 Å². The molecule has 0 saturated carbocycles. The number of nitrogen functional groups attached to an aromatic ring is 1. The van der Waals surface area contributed by atoms with Crippen LogP contribution < -0.4 is 15.2 Å². The normalized spacial score (nSPS) is 10.4. The van der Waals surface area contributed by atoms with Gasteiger partial charge in [-0.3, -0.25) is 0 Å². The molecule has 7 heteroatoms. The van der Waals surface area contributed by atoms with Crippen molar-refractivity contribution in [2.75, 3.05) is 19.5 Å². The lowest BCUT2D eigenvalue weighted by atomic mass is 9.98. The molecule has 1 aromatic heterocycles. The molecule has 1 heterocycles. The van der Waals surface area contributed by atoms with E-state index in [4.69, 9.17) is 38.4 Å². The summed E-state index contributed by atoms with van der Waals surface area (Å²) in [7, 11) is 1.56. The van der Waals surface area contributed by atoms with E-state index in [2.05, 4.69) is 11.1 Å². The Morgan fingerprint density at radius 3 is 2.54 bits per heavy atom. The zero-order valence-electron chi connectivity index (χ0n) is 15.3. The summed E-state index contributed by atoms with van der Waals surface area (Å²) in [5.41, 5.74) is 8.85. The highest BCUT2D eigenvalue weighted by Gasteiger charge is 2.17. The van der Waals surface area contributed by atoms with Gasteiger partial charge in [0, 0.05) is 16.1 Å². The molecule has 0 bridgehead atoms. The standard InChI is InChI=1S/C21H17Cl2N3O2/c1-3-28-19-7-4-12(8-20(19)27-2)14-10-18(26-21(25)16(14)11-24)15-9-13(22)5-6-17(15)23/h4-10H,3H2,1-2H3,(H2,25,26). The Morgan fingerprint density at radius 1 is 1.07 bits per heavy atom. The van der Waals surface area contributed by atoms with E-state index in [9.17, 15) is 5.26 Å². The van der Waals surface area contributed by atoms with Crippen molar-refractivity contribution in [1.82, 2.24) is 4.98 Å². The molecule has 0 saturated heterocycles. The minimum atomic E-state index is 0.110. The fourth-order valence-electron chi connectivity index (χ4n) is 2.85. The van der Waals surface area contributed by atoms with Gasteiger partial charge in [-0.2, -0.15) is 5.26 Å². The number of rotatable bonds is 5. The average Bonchev–Trinajstić information content (AvgIpc) is 2.69. The van der Waals surface area contributed by atoms with Crippen molar-refractivity contribution in [3.05, 3.63) is 58.1 Å². The molecule has 0 aliphatic carbocycles. The Bertz CT molecular complexity index is 1080. The minimum Gasteiger partial charge on any atom is -0.493 e. The van der Waals surface area contributed by atoms with Gasteiger partial charge < -0.3 is 15.2 Å². The van der Waals surface area contributed by atoms with Crippen LogP contribution in [0.1, 0.15) is 12.5 Å². The number of pyridine rings is 1. The Balaban J connectivity index is 2.22. The third-order valence-electron chi connectivity index (χ3n) is 4.14. The van der Waals surface area contributed by atoms with Gasteiger partial charge in [-0.25, -0.2) is 4.98 Å². The molecule has 3 aromatic rings. The number of ether oxygens (including phenoxy) is 2. The molecule has 28 heavy (non-hydrogen) atoms. The number of nitrogens with zero attached hydrogens (tertiary/aromatic N) is 2. The van der Waals surface area contributed by atoms with Crippen molar-refractivity contribution >= 4 is 29.0 Å². The summed E-state index contributed by atoms with van der Waals surface area (Å²) >= 11 is 12.4. The molecule has 0 spiro atoms. The number of aromatic nitrogens is 1. The van der Waals surface area contributed by atoms with Crippen molar-refractivity contribution in [1.29, 1.82) is 5.26 Å². The third kappa shape index (κ3) is 3.84. The predicted octanol–water partition coefficient (Wildman–Crippen LogP) is 5.58. The van der Waals surface area contributed by atoms with Crippen LogP contribution in [0, 0.1) is 11.3 Å². The molecule has 2 N–H and O–H groups in total. The van der Waals surface area contributed by atoms with Crippen LogP contribution in [0.15, 0.2) is 42.5 Å². The summed E-state index contributed by atoms with van der Waals surface area (Å²) in [6, 6.07) is 14.4. The van der Waals surface area contributed by atoms with Crippen LogP contribution in [0.2, 0.25) is 10.0 Å². The first-order chi connectivity index (χ1) is 13.5. The summed E-state index contributed by atoms with van der Waals surface area (Å²) in [6.45, 7) is 2.41. The van der Waals surface area contributed by atoms with E-state index in [-0.39, 0.29) is 11.4 Å². The van der Waals surface area contributed by atoms with Gasteiger partial charge in [0.25, 0.3) is 0 Å².